The van der Waals surface area contributed by atoms with Gasteiger partial charge in [0.05, 0.1) is 18.2 Å². The Morgan fingerprint density at radius 3 is 3.05 bits per heavy atom. The molecule has 0 amide bonds. The molecule has 108 valence electrons. The molecule has 1 aliphatic rings. The maximum atomic E-state index is 8.85. The number of benzene rings is 1. The van der Waals surface area contributed by atoms with E-state index in [1.165, 1.54) is 19.4 Å². The van der Waals surface area contributed by atoms with E-state index in [0.717, 1.165) is 37.3 Å². The summed E-state index contributed by atoms with van der Waals surface area (Å²) < 4.78 is 5.73. The molecule has 0 aromatic heterocycles. The standard InChI is InChI=1S/C17H24N2O/c1-14(2)17-8-4-9-19(17)10-5-11-20-16-7-3-6-15(12-16)13-18/h3,6-7,12,14,17H,4-5,8-11H2,1-2H3. The lowest BCUT2D eigenvalue weighted by molar-refractivity contribution is 0.188. The lowest BCUT2D eigenvalue weighted by Crippen LogP contribution is -2.34. The minimum Gasteiger partial charge on any atom is -0.494 e. The monoisotopic (exact) mass is 272 g/mol. The molecular formula is C17H24N2O. The summed E-state index contributed by atoms with van der Waals surface area (Å²) in [6, 6.07) is 10.2. The van der Waals surface area contributed by atoms with Crippen LogP contribution in [0.4, 0.5) is 0 Å². The highest BCUT2D eigenvalue weighted by molar-refractivity contribution is 5.36. The second-order valence-electron chi connectivity index (χ2n) is 5.83. The van der Waals surface area contributed by atoms with Crippen LogP contribution in [0, 0.1) is 17.2 Å². The van der Waals surface area contributed by atoms with E-state index in [0.29, 0.717) is 5.56 Å². The smallest absolute Gasteiger partial charge is 0.120 e. The van der Waals surface area contributed by atoms with Crippen molar-refractivity contribution in [2.45, 2.75) is 39.2 Å². The molecule has 0 spiro atoms. The lowest BCUT2D eigenvalue weighted by Gasteiger charge is -2.27. The number of ether oxygens (including phenoxy) is 1. The summed E-state index contributed by atoms with van der Waals surface area (Å²) in [4.78, 5) is 2.60. The van der Waals surface area contributed by atoms with Gasteiger partial charge >= 0.3 is 0 Å². The third-order valence-corrected chi connectivity index (χ3v) is 4.01. The van der Waals surface area contributed by atoms with Crippen LogP contribution in [-0.4, -0.2) is 30.6 Å². The Balaban J connectivity index is 1.72. The molecule has 1 aliphatic heterocycles. The van der Waals surface area contributed by atoms with Gasteiger partial charge < -0.3 is 9.64 Å². The quantitative estimate of drug-likeness (QED) is 0.744. The maximum absolute atomic E-state index is 8.85. The van der Waals surface area contributed by atoms with Crippen molar-refractivity contribution in [3.63, 3.8) is 0 Å². The van der Waals surface area contributed by atoms with Gasteiger partial charge in [-0.1, -0.05) is 19.9 Å². The second-order valence-corrected chi connectivity index (χ2v) is 5.83. The predicted molar refractivity (Wildman–Crippen MR) is 80.7 cm³/mol. The van der Waals surface area contributed by atoms with Crippen LogP contribution >= 0.6 is 0 Å². The van der Waals surface area contributed by atoms with Crippen LogP contribution < -0.4 is 4.74 Å². The fourth-order valence-corrected chi connectivity index (χ4v) is 3.00. The fourth-order valence-electron chi connectivity index (χ4n) is 3.00. The largest absolute Gasteiger partial charge is 0.494 e. The number of nitriles is 1. The van der Waals surface area contributed by atoms with Gasteiger partial charge in [-0.15, -0.1) is 0 Å². The molecular weight excluding hydrogens is 248 g/mol. The minimum atomic E-state index is 0.655. The van der Waals surface area contributed by atoms with Gasteiger partial charge in [-0.25, -0.2) is 0 Å². The number of hydrogen-bond acceptors (Lipinski definition) is 3. The topological polar surface area (TPSA) is 36.3 Å². The Bertz CT molecular complexity index is 464. The summed E-state index contributed by atoms with van der Waals surface area (Å²) in [5.74, 6) is 1.54. The van der Waals surface area contributed by atoms with E-state index >= 15 is 0 Å². The first-order valence-electron chi connectivity index (χ1n) is 7.57. The van der Waals surface area contributed by atoms with Gasteiger partial charge in [0.2, 0.25) is 0 Å². The highest BCUT2D eigenvalue weighted by Gasteiger charge is 2.26. The van der Waals surface area contributed by atoms with Crippen LogP contribution in [0.25, 0.3) is 0 Å². The van der Waals surface area contributed by atoms with Crippen molar-refractivity contribution in [2.24, 2.45) is 5.92 Å². The van der Waals surface area contributed by atoms with E-state index in [4.69, 9.17) is 10.00 Å². The number of hydrogen-bond donors (Lipinski definition) is 0. The molecule has 20 heavy (non-hydrogen) atoms. The van der Waals surface area contributed by atoms with Gasteiger partial charge in [0.25, 0.3) is 0 Å². The Morgan fingerprint density at radius 2 is 2.30 bits per heavy atom. The van der Waals surface area contributed by atoms with Gasteiger partial charge in [0, 0.05) is 12.6 Å². The van der Waals surface area contributed by atoms with E-state index in [1.807, 2.05) is 12.1 Å². The van der Waals surface area contributed by atoms with Crippen molar-refractivity contribution >= 4 is 0 Å². The molecule has 2 rings (SSSR count). The van der Waals surface area contributed by atoms with Gasteiger partial charge in [-0.2, -0.15) is 5.26 Å². The molecule has 0 N–H and O–H groups in total. The summed E-state index contributed by atoms with van der Waals surface area (Å²) in [5.41, 5.74) is 0.655. The molecule has 1 unspecified atom stereocenters. The molecule has 0 saturated carbocycles. The second kappa shape index (κ2) is 7.31. The van der Waals surface area contributed by atoms with Crippen molar-refractivity contribution in [1.29, 1.82) is 5.26 Å². The van der Waals surface area contributed by atoms with Crippen LogP contribution in [0.1, 0.15) is 38.7 Å². The van der Waals surface area contributed by atoms with Crippen molar-refractivity contribution in [2.75, 3.05) is 19.7 Å². The lowest BCUT2D eigenvalue weighted by atomic mass is 10.0. The van der Waals surface area contributed by atoms with Crippen molar-refractivity contribution in [3.8, 4) is 11.8 Å². The van der Waals surface area contributed by atoms with Crippen LogP contribution in [0.5, 0.6) is 5.75 Å². The summed E-state index contributed by atoms with van der Waals surface area (Å²) in [6.45, 7) is 7.68. The molecule has 0 radical (unpaired) electrons. The van der Waals surface area contributed by atoms with Gasteiger partial charge in [-0.3, -0.25) is 0 Å². The van der Waals surface area contributed by atoms with Crippen LogP contribution in [0.2, 0.25) is 0 Å². The van der Waals surface area contributed by atoms with Crippen molar-refractivity contribution in [1.82, 2.24) is 4.90 Å². The molecule has 1 fully saturated rings. The van der Waals surface area contributed by atoms with E-state index < -0.39 is 0 Å². The molecule has 0 aliphatic carbocycles. The number of likely N-dealkylation sites (tertiary alicyclic amines) is 1. The highest BCUT2D eigenvalue weighted by atomic mass is 16.5. The molecule has 1 heterocycles. The zero-order valence-electron chi connectivity index (χ0n) is 12.5. The predicted octanol–water partition coefficient (Wildman–Crippen LogP) is 3.45. The van der Waals surface area contributed by atoms with E-state index in [2.05, 4.69) is 24.8 Å². The zero-order valence-corrected chi connectivity index (χ0v) is 12.5. The highest BCUT2D eigenvalue weighted by Crippen LogP contribution is 2.23. The summed E-state index contributed by atoms with van der Waals surface area (Å²) in [7, 11) is 0. The summed E-state index contributed by atoms with van der Waals surface area (Å²) in [6.07, 6.45) is 3.71. The SMILES string of the molecule is CC(C)C1CCCN1CCCOc1cccc(C#N)c1. The van der Waals surface area contributed by atoms with Crippen LogP contribution in [0.3, 0.4) is 0 Å². The first kappa shape index (κ1) is 14.9. The van der Waals surface area contributed by atoms with Gasteiger partial charge in [0.15, 0.2) is 0 Å². The third-order valence-electron chi connectivity index (χ3n) is 4.01. The summed E-state index contributed by atoms with van der Waals surface area (Å²) >= 11 is 0. The first-order chi connectivity index (χ1) is 9.70. The zero-order chi connectivity index (χ0) is 14.4. The summed E-state index contributed by atoms with van der Waals surface area (Å²) in [5, 5.41) is 8.85. The normalized spacial score (nSPS) is 19.2. The molecule has 1 atom stereocenters. The third kappa shape index (κ3) is 3.98. The van der Waals surface area contributed by atoms with Crippen molar-refractivity contribution < 1.29 is 4.74 Å². The fraction of sp³-hybridized carbons (Fsp3) is 0.588. The Labute approximate surface area is 122 Å². The maximum Gasteiger partial charge on any atom is 0.120 e. The van der Waals surface area contributed by atoms with Gasteiger partial charge in [0.1, 0.15) is 5.75 Å². The average Bonchev–Trinajstić information content (AvgIpc) is 2.92. The molecule has 3 heteroatoms. The number of nitrogens with zero attached hydrogens (tertiary/aromatic N) is 2. The van der Waals surface area contributed by atoms with Gasteiger partial charge in [-0.05, 0) is 49.9 Å². The van der Waals surface area contributed by atoms with Crippen LogP contribution in [-0.2, 0) is 0 Å². The molecule has 3 nitrogen and oxygen atoms in total. The molecule has 1 aromatic rings. The Morgan fingerprint density at radius 1 is 1.45 bits per heavy atom. The Hall–Kier alpha value is -1.53. The van der Waals surface area contributed by atoms with Crippen LogP contribution in [0.15, 0.2) is 24.3 Å². The Kier molecular flexibility index (Phi) is 5.43. The van der Waals surface area contributed by atoms with E-state index in [9.17, 15) is 0 Å². The molecule has 1 saturated heterocycles. The molecule has 1 aromatic carbocycles. The molecule has 0 bridgehead atoms. The number of rotatable bonds is 6. The first-order valence-corrected chi connectivity index (χ1v) is 7.57. The average molecular weight is 272 g/mol. The van der Waals surface area contributed by atoms with E-state index in [-0.39, 0.29) is 0 Å². The minimum absolute atomic E-state index is 0.655. The van der Waals surface area contributed by atoms with Crippen molar-refractivity contribution in [3.05, 3.63) is 29.8 Å². The van der Waals surface area contributed by atoms with E-state index in [1.54, 1.807) is 12.1 Å².